The second kappa shape index (κ2) is 3.75. The van der Waals surface area contributed by atoms with Crippen LogP contribution in [0, 0.1) is 0 Å². The predicted molar refractivity (Wildman–Crippen MR) is 53.4 cm³/mol. The second-order valence-electron chi connectivity index (χ2n) is 4.75. The molecule has 0 aromatic heterocycles. The van der Waals surface area contributed by atoms with Gasteiger partial charge in [-0.15, -0.1) is 0 Å². The van der Waals surface area contributed by atoms with Gasteiger partial charge in [0.25, 0.3) is 0 Å². The van der Waals surface area contributed by atoms with Crippen molar-refractivity contribution in [1.29, 1.82) is 0 Å². The van der Waals surface area contributed by atoms with Gasteiger partial charge in [-0.1, -0.05) is 0 Å². The van der Waals surface area contributed by atoms with Gasteiger partial charge in [0.1, 0.15) is 0 Å². The Morgan fingerprint density at radius 2 is 1.92 bits per heavy atom. The SMILES string of the molecule is C[C@@H]1CCNCCN1C(C)(C)C. The molecule has 2 heteroatoms. The molecule has 0 saturated carbocycles. The van der Waals surface area contributed by atoms with Crippen molar-refractivity contribution in [3.63, 3.8) is 0 Å². The first-order chi connectivity index (χ1) is 5.52. The smallest absolute Gasteiger partial charge is 0.0128 e. The van der Waals surface area contributed by atoms with Crippen LogP contribution in [-0.2, 0) is 0 Å². The van der Waals surface area contributed by atoms with Crippen molar-refractivity contribution in [1.82, 2.24) is 10.2 Å². The molecular weight excluding hydrogens is 148 g/mol. The first kappa shape index (κ1) is 10.0. The fourth-order valence-corrected chi connectivity index (χ4v) is 2.01. The van der Waals surface area contributed by atoms with Crippen LogP contribution in [0.1, 0.15) is 34.1 Å². The molecule has 0 aromatic carbocycles. The molecule has 1 rings (SSSR count). The highest BCUT2D eigenvalue weighted by Gasteiger charge is 2.26. The van der Waals surface area contributed by atoms with Crippen LogP contribution in [0.25, 0.3) is 0 Å². The first-order valence-electron chi connectivity index (χ1n) is 4.99. The van der Waals surface area contributed by atoms with E-state index in [2.05, 4.69) is 37.9 Å². The van der Waals surface area contributed by atoms with Gasteiger partial charge in [-0.2, -0.15) is 0 Å². The van der Waals surface area contributed by atoms with E-state index in [4.69, 9.17) is 0 Å². The molecule has 72 valence electrons. The van der Waals surface area contributed by atoms with Crippen molar-refractivity contribution in [3.8, 4) is 0 Å². The van der Waals surface area contributed by atoms with Gasteiger partial charge in [0.05, 0.1) is 0 Å². The van der Waals surface area contributed by atoms with Crippen molar-refractivity contribution in [2.75, 3.05) is 19.6 Å². The lowest BCUT2D eigenvalue weighted by Crippen LogP contribution is -2.47. The summed E-state index contributed by atoms with van der Waals surface area (Å²) in [5, 5.41) is 3.44. The zero-order valence-electron chi connectivity index (χ0n) is 8.85. The van der Waals surface area contributed by atoms with Gasteiger partial charge in [0.2, 0.25) is 0 Å². The molecule has 0 bridgehead atoms. The van der Waals surface area contributed by atoms with Gasteiger partial charge in [-0.3, -0.25) is 4.90 Å². The van der Waals surface area contributed by atoms with Crippen molar-refractivity contribution in [3.05, 3.63) is 0 Å². The van der Waals surface area contributed by atoms with E-state index in [1.165, 1.54) is 19.5 Å². The lowest BCUT2D eigenvalue weighted by molar-refractivity contribution is 0.0985. The molecule has 0 aliphatic carbocycles. The average molecular weight is 170 g/mol. The molecule has 0 unspecified atom stereocenters. The van der Waals surface area contributed by atoms with Gasteiger partial charge >= 0.3 is 0 Å². The van der Waals surface area contributed by atoms with E-state index in [1.807, 2.05) is 0 Å². The molecule has 0 aromatic rings. The first-order valence-corrected chi connectivity index (χ1v) is 4.99. The molecule has 1 fully saturated rings. The maximum absolute atomic E-state index is 3.44. The van der Waals surface area contributed by atoms with E-state index in [1.54, 1.807) is 0 Å². The highest BCUT2D eigenvalue weighted by Crippen LogP contribution is 2.18. The minimum absolute atomic E-state index is 0.325. The lowest BCUT2D eigenvalue weighted by Gasteiger charge is -2.39. The van der Waals surface area contributed by atoms with Crippen molar-refractivity contribution >= 4 is 0 Å². The second-order valence-corrected chi connectivity index (χ2v) is 4.75. The number of hydrogen-bond acceptors (Lipinski definition) is 2. The third-order valence-corrected chi connectivity index (χ3v) is 2.66. The van der Waals surface area contributed by atoms with E-state index >= 15 is 0 Å². The predicted octanol–water partition coefficient (Wildman–Crippen LogP) is 1.47. The Kier molecular flexibility index (Phi) is 3.13. The van der Waals surface area contributed by atoms with Gasteiger partial charge < -0.3 is 5.32 Å². The Hall–Kier alpha value is -0.0800. The summed E-state index contributed by atoms with van der Waals surface area (Å²) in [6.07, 6.45) is 1.28. The quantitative estimate of drug-likeness (QED) is 0.592. The molecule has 1 aliphatic rings. The summed E-state index contributed by atoms with van der Waals surface area (Å²) < 4.78 is 0. The Labute approximate surface area is 76.3 Å². The largest absolute Gasteiger partial charge is 0.315 e. The summed E-state index contributed by atoms with van der Waals surface area (Å²) in [5.41, 5.74) is 0.325. The molecular formula is C10H22N2. The zero-order chi connectivity index (χ0) is 9.19. The van der Waals surface area contributed by atoms with Gasteiger partial charge in [-0.05, 0) is 40.7 Å². The highest BCUT2D eigenvalue weighted by molar-refractivity contribution is 4.83. The van der Waals surface area contributed by atoms with Crippen LogP contribution in [0.3, 0.4) is 0 Å². The van der Waals surface area contributed by atoms with Crippen LogP contribution in [0.2, 0.25) is 0 Å². The number of hydrogen-bond donors (Lipinski definition) is 1. The monoisotopic (exact) mass is 170 g/mol. The van der Waals surface area contributed by atoms with E-state index in [9.17, 15) is 0 Å². The number of rotatable bonds is 0. The Morgan fingerprint density at radius 3 is 2.50 bits per heavy atom. The third kappa shape index (κ3) is 2.46. The number of nitrogens with zero attached hydrogens (tertiary/aromatic N) is 1. The molecule has 0 spiro atoms. The highest BCUT2D eigenvalue weighted by atomic mass is 15.2. The Bertz CT molecular complexity index is 137. The Morgan fingerprint density at radius 1 is 1.25 bits per heavy atom. The van der Waals surface area contributed by atoms with Gasteiger partial charge in [-0.25, -0.2) is 0 Å². The van der Waals surface area contributed by atoms with Gasteiger partial charge in [0.15, 0.2) is 0 Å². The molecule has 1 atom stereocenters. The van der Waals surface area contributed by atoms with Crippen LogP contribution in [0.4, 0.5) is 0 Å². The third-order valence-electron chi connectivity index (χ3n) is 2.66. The van der Waals surface area contributed by atoms with Crippen molar-refractivity contribution in [2.24, 2.45) is 0 Å². The minimum Gasteiger partial charge on any atom is -0.315 e. The van der Waals surface area contributed by atoms with Crippen LogP contribution in [-0.4, -0.2) is 36.1 Å². The Balaban J connectivity index is 2.59. The fourth-order valence-electron chi connectivity index (χ4n) is 2.01. The molecule has 1 saturated heterocycles. The summed E-state index contributed by atoms with van der Waals surface area (Å²) in [7, 11) is 0. The lowest BCUT2D eigenvalue weighted by atomic mass is 10.0. The van der Waals surface area contributed by atoms with Gasteiger partial charge in [0, 0.05) is 24.7 Å². The molecule has 0 radical (unpaired) electrons. The summed E-state index contributed by atoms with van der Waals surface area (Å²) in [5.74, 6) is 0. The topological polar surface area (TPSA) is 15.3 Å². The fraction of sp³-hybridized carbons (Fsp3) is 1.00. The van der Waals surface area contributed by atoms with Crippen LogP contribution in [0.5, 0.6) is 0 Å². The molecule has 12 heavy (non-hydrogen) atoms. The molecule has 2 nitrogen and oxygen atoms in total. The molecule has 1 heterocycles. The average Bonchev–Trinajstić information content (AvgIpc) is 2.11. The van der Waals surface area contributed by atoms with E-state index in [0.29, 0.717) is 5.54 Å². The van der Waals surface area contributed by atoms with Crippen LogP contribution in [0.15, 0.2) is 0 Å². The summed E-state index contributed by atoms with van der Waals surface area (Å²) in [4.78, 5) is 2.59. The number of nitrogens with one attached hydrogen (secondary N) is 1. The van der Waals surface area contributed by atoms with E-state index in [-0.39, 0.29) is 0 Å². The van der Waals surface area contributed by atoms with E-state index < -0.39 is 0 Å². The minimum atomic E-state index is 0.325. The molecule has 0 amide bonds. The zero-order valence-corrected chi connectivity index (χ0v) is 8.85. The summed E-state index contributed by atoms with van der Waals surface area (Å²) in [6, 6.07) is 0.722. The van der Waals surface area contributed by atoms with Crippen LogP contribution >= 0.6 is 0 Å². The van der Waals surface area contributed by atoms with Crippen molar-refractivity contribution < 1.29 is 0 Å². The normalized spacial score (nSPS) is 28.5. The molecule has 1 N–H and O–H groups in total. The molecule has 1 aliphatic heterocycles. The van der Waals surface area contributed by atoms with Crippen LogP contribution < -0.4 is 5.32 Å². The maximum Gasteiger partial charge on any atom is 0.0128 e. The summed E-state index contributed by atoms with van der Waals surface area (Å²) in [6.45, 7) is 12.7. The maximum atomic E-state index is 3.44. The standard InChI is InChI=1S/C10H22N2/c1-9-5-6-11-7-8-12(9)10(2,3)4/h9,11H,5-8H2,1-4H3/t9-/m1/s1. The van der Waals surface area contributed by atoms with E-state index in [0.717, 1.165) is 12.6 Å². The van der Waals surface area contributed by atoms with Crippen molar-refractivity contribution in [2.45, 2.75) is 45.7 Å². The summed E-state index contributed by atoms with van der Waals surface area (Å²) >= 11 is 0.